The van der Waals surface area contributed by atoms with Gasteiger partial charge in [0.05, 0.1) is 12.8 Å². The minimum atomic E-state index is -0.0607. The first-order chi connectivity index (χ1) is 14.0. The second-order valence-electron chi connectivity index (χ2n) is 6.97. The van der Waals surface area contributed by atoms with Crippen LogP contribution >= 0.6 is 23.1 Å². The van der Waals surface area contributed by atoms with Crippen molar-refractivity contribution >= 4 is 28.1 Å². The number of rotatable bonds is 7. The molecule has 0 saturated carbocycles. The Morgan fingerprint density at radius 1 is 1.21 bits per heavy atom. The van der Waals surface area contributed by atoms with Gasteiger partial charge in [-0.25, -0.2) is 4.98 Å². The topological polar surface area (TPSA) is 74.3 Å². The van der Waals surface area contributed by atoms with Crippen molar-refractivity contribution in [2.45, 2.75) is 31.3 Å². The minimum Gasteiger partial charge on any atom is -0.497 e. The average Bonchev–Trinajstić information content (AvgIpc) is 3.33. The predicted octanol–water partition coefficient (Wildman–Crippen LogP) is 3.97. The van der Waals surface area contributed by atoms with E-state index >= 15 is 0 Å². The van der Waals surface area contributed by atoms with Crippen molar-refractivity contribution in [3.05, 3.63) is 58.0 Å². The number of nitrogens with zero attached hydrogens (tertiary/aromatic N) is 5. The molecule has 7 nitrogen and oxygen atoms in total. The molecule has 29 heavy (non-hydrogen) atoms. The van der Waals surface area contributed by atoms with Crippen LogP contribution in [0.25, 0.3) is 16.3 Å². The molecule has 0 spiro atoms. The van der Waals surface area contributed by atoms with Crippen LogP contribution in [-0.2, 0) is 12.3 Å². The van der Waals surface area contributed by atoms with Crippen LogP contribution in [0, 0.1) is 5.92 Å². The number of thiazole rings is 1. The summed E-state index contributed by atoms with van der Waals surface area (Å²) in [6.45, 7) is 5.13. The van der Waals surface area contributed by atoms with E-state index in [0.717, 1.165) is 34.5 Å². The van der Waals surface area contributed by atoms with Crippen molar-refractivity contribution in [1.29, 1.82) is 0 Å². The van der Waals surface area contributed by atoms with E-state index in [0.29, 0.717) is 16.6 Å². The van der Waals surface area contributed by atoms with Gasteiger partial charge in [0.25, 0.3) is 5.56 Å². The SMILES string of the molecule is COc1ccc(-c2nnc(SCc3cc(=O)n4ccsc4n3)n2CC(C)C)cc1. The second-order valence-corrected chi connectivity index (χ2v) is 8.78. The number of aromatic nitrogens is 5. The van der Waals surface area contributed by atoms with E-state index < -0.39 is 0 Å². The largest absolute Gasteiger partial charge is 0.497 e. The molecule has 150 valence electrons. The van der Waals surface area contributed by atoms with Gasteiger partial charge in [-0.2, -0.15) is 0 Å². The Balaban J connectivity index is 1.62. The van der Waals surface area contributed by atoms with Crippen LogP contribution in [0.4, 0.5) is 0 Å². The summed E-state index contributed by atoms with van der Waals surface area (Å²) in [5, 5.41) is 11.5. The molecule has 1 aromatic carbocycles. The quantitative estimate of drug-likeness (QED) is 0.416. The second kappa shape index (κ2) is 8.38. The van der Waals surface area contributed by atoms with Gasteiger partial charge in [0, 0.05) is 35.5 Å². The lowest BCUT2D eigenvalue weighted by Gasteiger charge is -2.12. The van der Waals surface area contributed by atoms with E-state index in [1.165, 1.54) is 11.3 Å². The van der Waals surface area contributed by atoms with E-state index in [4.69, 9.17) is 4.74 Å². The fourth-order valence-corrected chi connectivity index (χ4v) is 4.56. The average molecular weight is 428 g/mol. The highest BCUT2D eigenvalue weighted by Gasteiger charge is 2.16. The minimum absolute atomic E-state index is 0.0607. The van der Waals surface area contributed by atoms with Gasteiger partial charge in [0.2, 0.25) is 0 Å². The summed E-state index contributed by atoms with van der Waals surface area (Å²) in [5.41, 5.74) is 1.67. The summed E-state index contributed by atoms with van der Waals surface area (Å²) < 4.78 is 8.94. The third-order valence-electron chi connectivity index (χ3n) is 4.32. The molecule has 4 rings (SSSR count). The summed E-state index contributed by atoms with van der Waals surface area (Å²) in [7, 11) is 1.65. The van der Waals surface area contributed by atoms with E-state index in [9.17, 15) is 4.79 Å². The first-order valence-corrected chi connectivity index (χ1v) is 11.1. The molecule has 4 aromatic rings. The molecule has 0 aliphatic heterocycles. The zero-order valence-electron chi connectivity index (χ0n) is 16.4. The van der Waals surface area contributed by atoms with E-state index in [2.05, 4.69) is 33.6 Å². The lowest BCUT2D eigenvalue weighted by Crippen LogP contribution is -2.12. The Hall–Kier alpha value is -2.65. The number of methoxy groups -OCH3 is 1. The van der Waals surface area contributed by atoms with Crippen molar-refractivity contribution in [2.75, 3.05) is 7.11 Å². The summed E-state index contributed by atoms with van der Waals surface area (Å²) in [6.07, 6.45) is 1.74. The van der Waals surface area contributed by atoms with Crippen LogP contribution in [0.2, 0.25) is 0 Å². The highest BCUT2D eigenvalue weighted by Crippen LogP contribution is 2.28. The third kappa shape index (κ3) is 4.20. The monoisotopic (exact) mass is 427 g/mol. The molecule has 0 saturated heterocycles. The Bertz CT molecular complexity index is 1180. The number of ether oxygens (including phenoxy) is 1. The maximum absolute atomic E-state index is 12.2. The van der Waals surface area contributed by atoms with Gasteiger partial charge in [-0.1, -0.05) is 25.6 Å². The zero-order chi connectivity index (χ0) is 20.4. The number of hydrogen-bond acceptors (Lipinski definition) is 7. The van der Waals surface area contributed by atoms with Crippen LogP contribution in [0.1, 0.15) is 19.5 Å². The third-order valence-corrected chi connectivity index (χ3v) is 6.08. The van der Waals surface area contributed by atoms with Crippen molar-refractivity contribution in [2.24, 2.45) is 5.92 Å². The molecule has 0 amide bonds. The first kappa shape index (κ1) is 19.7. The number of thioether (sulfide) groups is 1. The normalized spacial score (nSPS) is 11.4. The summed E-state index contributed by atoms with van der Waals surface area (Å²) in [5.74, 6) is 2.63. The molecule has 0 aliphatic carbocycles. The predicted molar refractivity (Wildman–Crippen MR) is 116 cm³/mol. The molecule has 0 fully saturated rings. The summed E-state index contributed by atoms with van der Waals surface area (Å²) in [6, 6.07) is 9.40. The van der Waals surface area contributed by atoms with Crippen LogP contribution in [0.3, 0.4) is 0 Å². The molecule has 3 heterocycles. The number of benzene rings is 1. The maximum atomic E-state index is 12.2. The van der Waals surface area contributed by atoms with Gasteiger partial charge in [-0.15, -0.1) is 21.5 Å². The standard InChI is InChI=1S/C20H21N5O2S2/c1-13(2)11-25-18(14-4-6-16(27-3)7-5-14)22-23-20(25)29-12-15-10-17(26)24-8-9-28-19(24)21-15/h4-10,13H,11-12H2,1-3H3. The van der Waals surface area contributed by atoms with Crippen LogP contribution < -0.4 is 10.3 Å². The molecule has 0 radical (unpaired) electrons. The van der Waals surface area contributed by atoms with Gasteiger partial charge in [-0.3, -0.25) is 9.20 Å². The first-order valence-electron chi connectivity index (χ1n) is 9.21. The van der Waals surface area contributed by atoms with Gasteiger partial charge in [0.15, 0.2) is 15.9 Å². The van der Waals surface area contributed by atoms with Crippen molar-refractivity contribution in [3.8, 4) is 17.1 Å². The molecule has 0 bridgehead atoms. The Labute approximate surface area is 176 Å². The van der Waals surface area contributed by atoms with Gasteiger partial charge in [-0.05, 0) is 30.2 Å². The molecule has 0 atom stereocenters. The lowest BCUT2D eigenvalue weighted by atomic mass is 10.2. The Morgan fingerprint density at radius 2 is 2.00 bits per heavy atom. The lowest BCUT2D eigenvalue weighted by molar-refractivity contribution is 0.415. The van der Waals surface area contributed by atoms with Crippen LogP contribution in [-0.4, -0.2) is 31.3 Å². The zero-order valence-corrected chi connectivity index (χ0v) is 18.0. The van der Waals surface area contributed by atoms with E-state index in [-0.39, 0.29) is 5.56 Å². The molecule has 0 unspecified atom stereocenters. The Kier molecular flexibility index (Phi) is 5.68. The molecule has 0 aliphatic rings. The van der Waals surface area contributed by atoms with Gasteiger partial charge < -0.3 is 9.30 Å². The van der Waals surface area contributed by atoms with Crippen molar-refractivity contribution < 1.29 is 4.74 Å². The fourth-order valence-electron chi connectivity index (χ4n) is 2.98. The van der Waals surface area contributed by atoms with Crippen LogP contribution in [0.15, 0.2) is 51.9 Å². The summed E-state index contributed by atoms with van der Waals surface area (Å²) >= 11 is 3.00. The Morgan fingerprint density at radius 3 is 2.72 bits per heavy atom. The van der Waals surface area contributed by atoms with E-state index in [1.807, 2.05) is 29.6 Å². The van der Waals surface area contributed by atoms with Gasteiger partial charge >= 0.3 is 0 Å². The molecule has 3 aromatic heterocycles. The smallest absolute Gasteiger partial charge is 0.258 e. The summed E-state index contributed by atoms with van der Waals surface area (Å²) in [4.78, 5) is 17.5. The molecule has 0 N–H and O–H groups in total. The molecular weight excluding hydrogens is 406 g/mol. The van der Waals surface area contributed by atoms with Gasteiger partial charge in [0.1, 0.15) is 5.75 Å². The van der Waals surface area contributed by atoms with Crippen LogP contribution in [0.5, 0.6) is 5.75 Å². The van der Waals surface area contributed by atoms with Crippen molar-refractivity contribution in [1.82, 2.24) is 24.1 Å². The molecular formula is C20H21N5O2S2. The molecule has 9 heteroatoms. The fraction of sp³-hybridized carbons (Fsp3) is 0.300. The highest BCUT2D eigenvalue weighted by molar-refractivity contribution is 7.98. The van der Waals surface area contributed by atoms with E-state index in [1.54, 1.807) is 35.5 Å². The number of fused-ring (bicyclic) bond motifs is 1. The maximum Gasteiger partial charge on any atom is 0.258 e. The number of hydrogen-bond donors (Lipinski definition) is 0. The highest BCUT2D eigenvalue weighted by atomic mass is 32.2. The van der Waals surface area contributed by atoms with Crippen molar-refractivity contribution in [3.63, 3.8) is 0 Å².